The molecule has 4 N–H and O–H groups in total. The Labute approximate surface area is 300 Å². The number of ether oxygens (including phenoxy) is 1. The summed E-state index contributed by atoms with van der Waals surface area (Å²) in [6.07, 6.45) is 6.74. The number of carbonyl (C=O) groups is 2. The van der Waals surface area contributed by atoms with Crippen LogP contribution in [0.5, 0.6) is 5.88 Å². The predicted molar refractivity (Wildman–Crippen MR) is 195 cm³/mol. The molecule has 258 valence electrons. The number of fused-ring (bicyclic) bond motifs is 1. The van der Waals surface area contributed by atoms with Crippen LogP contribution in [0.1, 0.15) is 36.8 Å². The molecule has 2 saturated heterocycles. The van der Waals surface area contributed by atoms with Gasteiger partial charge in [0, 0.05) is 104 Å². The topological polar surface area (TPSA) is 135 Å². The summed E-state index contributed by atoms with van der Waals surface area (Å²) in [5, 5.41) is 14.8. The Kier molecular flexibility index (Phi) is 10.0. The Morgan fingerprint density at radius 3 is 2.04 bits per heavy atom. The highest BCUT2D eigenvalue weighted by atomic mass is 35.5. The first-order valence-corrected chi connectivity index (χ1v) is 17.5. The predicted octanol–water partition coefficient (Wildman–Crippen LogP) is 5.42. The number of methoxy groups -OCH3 is 1. The van der Waals surface area contributed by atoms with Crippen LogP contribution in [-0.4, -0.2) is 63.6 Å². The lowest BCUT2D eigenvalue weighted by Gasteiger charge is -2.15. The molecule has 2 amide bonds. The van der Waals surface area contributed by atoms with Gasteiger partial charge in [-0.15, -0.1) is 0 Å². The van der Waals surface area contributed by atoms with Crippen LogP contribution >= 0.6 is 23.2 Å². The molecule has 0 radical (unpaired) electrons. The second-order valence-corrected chi connectivity index (χ2v) is 13.5. The Morgan fingerprint density at radius 1 is 0.820 bits per heavy atom. The van der Waals surface area contributed by atoms with E-state index >= 15 is 0 Å². The monoisotopic (exact) mass is 712 g/mol. The van der Waals surface area contributed by atoms with Crippen LogP contribution in [-0.2, 0) is 29.7 Å². The first kappa shape index (κ1) is 33.9. The van der Waals surface area contributed by atoms with Crippen LogP contribution in [0.3, 0.4) is 0 Å². The molecule has 0 unspecified atom stereocenters. The molecule has 50 heavy (non-hydrogen) atoms. The van der Waals surface area contributed by atoms with Gasteiger partial charge in [0.2, 0.25) is 17.7 Å². The van der Waals surface area contributed by atoms with Gasteiger partial charge in [-0.25, -0.2) is 15.0 Å². The largest absolute Gasteiger partial charge is 0.481 e. The van der Waals surface area contributed by atoms with Crippen molar-refractivity contribution in [1.82, 2.24) is 40.8 Å². The van der Waals surface area contributed by atoms with Crippen molar-refractivity contribution in [3.8, 4) is 39.7 Å². The maximum atomic E-state index is 11.5. The van der Waals surface area contributed by atoms with Gasteiger partial charge in [0.15, 0.2) is 5.82 Å². The summed E-state index contributed by atoms with van der Waals surface area (Å²) in [7, 11) is 3.56. The molecule has 13 heteroatoms. The fourth-order valence-corrected chi connectivity index (χ4v) is 7.34. The van der Waals surface area contributed by atoms with Crippen molar-refractivity contribution in [1.29, 1.82) is 0 Å². The van der Waals surface area contributed by atoms with Crippen molar-refractivity contribution in [3.05, 3.63) is 82.1 Å². The average Bonchev–Trinajstić information content (AvgIpc) is 3.83. The van der Waals surface area contributed by atoms with E-state index in [1.807, 2.05) is 66.3 Å². The third kappa shape index (κ3) is 7.04. The van der Waals surface area contributed by atoms with Gasteiger partial charge in [0.1, 0.15) is 5.65 Å². The Hall–Kier alpha value is -4.55. The molecule has 0 aliphatic carbocycles. The number of benzene rings is 2. The number of aryl methyl sites for hydroxylation is 1. The molecule has 3 aromatic heterocycles. The molecular weight excluding hydrogens is 675 g/mol. The van der Waals surface area contributed by atoms with Crippen LogP contribution in [0.25, 0.3) is 44.8 Å². The third-order valence-corrected chi connectivity index (χ3v) is 10.1. The number of hydrogen-bond acceptors (Lipinski definition) is 8. The van der Waals surface area contributed by atoms with Gasteiger partial charge in [-0.05, 0) is 30.5 Å². The number of rotatable bonds is 12. The van der Waals surface area contributed by atoms with Gasteiger partial charge in [-0.2, -0.15) is 0 Å². The molecule has 5 heterocycles. The fraction of sp³-hybridized carbons (Fsp3) is 0.324. The van der Waals surface area contributed by atoms with E-state index in [1.54, 1.807) is 7.11 Å². The van der Waals surface area contributed by atoms with E-state index in [4.69, 9.17) is 42.9 Å². The normalized spacial score (nSPS) is 17.4. The molecule has 2 aromatic carbocycles. The second-order valence-electron chi connectivity index (χ2n) is 12.8. The molecule has 0 saturated carbocycles. The highest BCUT2D eigenvalue weighted by Crippen LogP contribution is 2.42. The number of nitrogens with zero attached hydrogens (tertiary/aromatic N) is 4. The Balaban J connectivity index is 1.11. The second kappa shape index (κ2) is 14.7. The summed E-state index contributed by atoms with van der Waals surface area (Å²) in [6.45, 7) is 2.58. The van der Waals surface area contributed by atoms with Crippen molar-refractivity contribution in [3.63, 3.8) is 0 Å². The van der Waals surface area contributed by atoms with Crippen molar-refractivity contribution in [2.75, 3.05) is 20.2 Å². The van der Waals surface area contributed by atoms with Crippen molar-refractivity contribution in [2.45, 2.75) is 50.9 Å². The molecule has 7 rings (SSSR count). The summed E-state index contributed by atoms with van der Waals surface area (Å²) in [4.78, 5) is 37.5. The van der Waals surface area contributed by atoms with Gasteiger partial charge in [0.05, 0.1) is 22.8 Å². The van der Waals surface area contributed by atoms with E-state index in [1.165, 1.54) is 0 Å². The Morgan fingerprint density at radius 2 is 1.42 bits per heavy atom. The zero-order chi connectivity index (χ0) is 34.8. The van der Waals surface area contributed by atoms with E-state index in [0.29, 0.717) is 72.0 Å². The summed E-state index contributed by atoms with van der Waals surface area (Å²) in [5.41, 5.74) is 6.40. The molecule has 2 atom stereocenters. The molecule has 2 aliphatic rings. The van der Waals surface area contributed by atoms with Gasteiger partial charge >= 0.3 is 0 Å². The summed E-state index contributed by atoms with van der Waals surface area (Å²) in [6, 6.07) is 15.8. The highest BCUT2D eigenvalue weighted by molar-refractivity contribution is 6.39. The number of hydrogen-bond donors (Lipinski definition) is 4. The van der Waals surface area contributed by atoms with E-state index in [2.05, 4.69) is 27.5 Å². The number of nitrogens with one attached hydrogen (secondary N) is 4. The lowest BCUT2D eigenvalue weighted by atomic mass is 9.99. The van der Waals surface area contributed by atoms with E-state index in [0.717, 1.165) is 51.7 Å². The quantitative estimate of drug-likeness (QED) is 0.135. The molecule has 5 aromatic rings. The van der Waals surface area contributed by atoms with Crippen molar-refractivity contribution < 1.29 is 14.3 Å². The summed E-state index contributed by atoms with van der Waals surface area (Å²) in [5.74, 6) is 1.22. The van der Waals surface area contributed by atoms with Crippen LogP contribution in [0, 0.1) is 0 Å². The number of aromatic nitrogens is 4. The Bertz CT molecular complexity index is 2080. The van der Waals surface area contributed by atoms with Crippen LogP contribution in [0.15, 0.2) is 60.9 Å². The summed E-state index contributed by atoms with van der Waals surface area (Å²) >= 11 is 14.2. The van der Waals surface area contributed by atoms with Crippen LogP contribution in [0.2, 0.25) is 10.0 Å². The number of amides is 2. The minimum atomic E-state index is 0.0988. The van der Waals surface area contributed by atoms with Gasteiger partial charge < -0.3 is 30.6 Å². The standard InChI is InChI=1S/C37H38Cl2N8O3/c1-47-20-22(16-41-18-24-11-14-32(49)44-24)29-19-42-35(46-36(29)47)28-8-4-6-26(34(28)39)25-5-3-7-27(33(25)38)30-12-9-21(37(45-30)50-2)15-40-17-23-10-13-31(48)43-23/h3-9,12,19-20,23-24,40-41H,10-11,13-18H2,1-2H3,(H,43,48)(H,44,49)/t23-,24+/m1/s1. The molecule has 11 nitrogen and oxygen atoms in total. The molecule has 2 aliphatic heterocycles. The van der Waals surface area contributed by atoms with Crippen molar-refractivity contribution in [2.24, 2.45) is 7.05 Å². The number of pyridine rings is 1. The minimum Gasteiger partial charge on any atom is -0.481 e. The zero-order valence-corrected chi connectivity index (χ0v) is 29.4. The lowest BCUT2D eigenvalue weighted by Crippen LogP contribution is -2.35. The number of halogens is 2. The van der Waals surface area contributed by atoms with Crippen molar-refractivity contribution >= 4 is 46.0 Å². The zero-order valence-electron chi connectivity index (χ0n) is 27.9. The maximum Gasteiger partial charge on any atom is 0.220 e. The van der Waals surface area contributed by atoms with E-state index in [9.17, 15) is 9.59 Å². The molecule has 0 spiro atoms. The third-order valence-electron chi connectivity index (χ3n) is 9.32. The first-order chi connectivity index (χ1) is 24.3. The average molecular weight is 714 g/mol. The number of carbonyl (C=O) groups excluding carboxylic acids is 2. The maximum absolute atomic E-state index is 11.5. The van der Waals surface area contributed by atoms with Crippen LogP contribution in [0.4, 0.5) is 0 Å². The molecule has 2 fully saturated rings. The van der Waals surface area contributed by atoms with Gasteiger partial charge in [-0.1, -0.05) is 59.6 Å². The fourth-order valence-electron chi connectivity index (χ4n) is 6.71. The lowest BCUT2D eigenvalue weighted by molar-refractivity contribution is -0.120. The first-order valence-electron chi connectivity index (χ1n) is 16.7. The smallest absolute Gasteiger partial charge is 0.220 e. The van der Waals surface area contributed by atoms with E-state index in [-0.39, 0.29) is 23.9 Å². The summed E-state index contributed by atoms with van der Waals surface area (Å²) < 4.78 is 7.64. The van der Waals surface area contributed by atoms with Crippen LogP contribution < -0.4 is 26.0 Å². The highest BCUT2D eigenvalue weighted by Gasteiger charge is 2.22. The van der Waals surface area contributed by atoms with Gasteiger partial charge in [-0.3, -0.25) is 9.59 Å². The molecule has 0 bridgehead atoms. The van der Waals surface area contributed by atoms with Gasteiger partial charge in [0.25, 0.3) is 0 Å². The minimum absolute atomic E-state index is 0.0988. The SMILES string of the molecule is COc1nc(-c2cccc(-c3cccc(-c4ncc5c(CNC[C@@H]6CCC(=O)N6)cn(C)c5n4)c3Cl)c2Cl)ccc1CNC[C@H]1CCC(=O)N1. The van der Waals surface area contributed by atoms with E-state index < -0.39 is 0 Å². The molecular formula is C37H38Cl2N8O3.